The van der Waals surface area contributed by atoms with Crippen LogP contribution in [0.4, 0.5) is 5.82 Å². The van der Waals surface area contributed by atoms with E-state index < -0.39 is 0 Å². The standard InChI is InChI=1S/C15H22N4O2/c1-3-5-11-6-10(7-13(18-11)16-4-2)15(21)19-12-8-14(20)17-9-12/h6-7,12H,3-5,8-9H2,1-2H3,(H,16,18)(H,17,20)(H,19,21). The number of carbonyl (C=O) groups is 2. The van der Waals surface area contributed by atoms with Crippen molar-refractivity contribution in [3.8, 4) is 0 Å². The topological polar surface area (TPSA) is 83.1 Å². The maximum Gasteiger partial charge on any atom is 0.251 e. The quantitative estimate of drug-likeness (QED) is 0.732. The van der Waals surface area contributed by atoms with Crippen LogP contribution in [0.2, 0.25) is 0 Å². The fourth-order valence-electron chi connectivity index (χ4n) is 2.35. The van der Waals surface area contributed by atoms with Crippen LogP contribution in [-0.4, -0.2) is 35.9 Å². The number of carbonyl (C=O) groups excluding carboxylic acids is 2. The first-order valence-electron chi connectivity index (χ1n) is 7.44. The summed E-state index contributed by atoms with van der Waals surface area (Å²) in [6.07, 6.45) is 2.16. The first kappa shape index (κ1) is 15.3. The molecule has 21 heavy (non-hydrogen) atoms. The number of nitrogens with one attached hydrogen (secondary N) is 3. The Morgan fingerprint density at radius 1 is 1.43 bits per heavy atom. The van der Waals surface area contributed by atoms with Gasteiger partial charge < -0.3 is 16.0 Å². The van der Waals surface area contributed by atoms with Crippen LogP contribution >= 0.6 is 0 Å². The van der Waals surface area contributed by atoms with Crippen molar-refractivity contribution < 1.29 is 9.59 Å². The third-order valence-corrected chi connectivity index (χ3v) is 3.32. The molecule has 0 bridgehead atoms. The summed E-state index contributed by atoms with van der Waals surface area (Å²) in [5.41, 5.74) is 1.49. The summed E-state index contributed by atoms with van der Waals surface area (Å²) in [6.45, 7) is 5.32. The van der Waals surface area contributed by atoms with Gasteiger partial charge in [0.1, 0.15) is 5.82 Å². The molecule has 0 aliphatic carbocycles. The molecule has 1 fully saturated rings. The summed E-state index contributed by atoms with van der Waals surface area (Å²) < 4.78 is 0. The third-order valence-electron chi connectivity index (χ3n) is 3.32. The van der Waals surface area contributed by atoms with Gasteiger partial charge in [0, 0.05) is 30.8 Å². The predicted octanol–water partition coefficient (Wildman–Crippen LogP) is 1.08. The normalized spacial score (nSPS) is 17.4. The summed E-state index contributed by atoms with van der Waals surface area (Å²) in [4.78, 5) is 28.0. The van der Waals surface area contributed by atoms with Crippen LogP contribution in [0.5, 0.6) is 0 Å². The minimum absolute atomic E-state index is 0.0185. The lowest BCUT2D eigenvalue weighted by Gasteiger charge is -2.13. The second kappa shape index (κ2) is 7.06. The summed E-state index contributed by atoms with van der Waals surface area (Å²) in [5.74, 6) is 0.541. The third kappa shape index (κ3) is 4.18. The first-order chi connectivity index (χ1) is 10.1. The van der Waals surface area contributed by atoms with Gasteiger partial charge in [0.25, 0.3) is 5.91 Å². The van der Waals surface area contributed by atoms with E-state index >= 15 is 0 Å². The van der Waals surface area contributed by atoms with E-state index in [-0.39, 0.29) is 17.9 Å². The smallest absolute Gasteiger partial charge is 0.251 e. The summed E-state index contributed by atoms with van der Waals surface area (Å²) >= 11 is 0. The first-order valence-corrected chi connectivity index (χ1v) is 7.44. The number of anilines is 1. The molecule has 0 spiro atoms. The Hall–Kier alpha value is -2.11. The fraction of sp³-hybridized carbons (Fsp3) is 0.533. The zero-order valence-electron chi connectivity index (χ0n) is 12.5. The van der Waals surface area contributed by atoms with E-state index in [1.165, 1.54) is 0 Å². The van der Waals surface area contributed by atoms with Gasteiger partial charge in [0.15, 0.2) is 0 Å². The number of rotatable bonds is 6. The van der Waals surface area contributed by atoms with Gasteiger partial charge in [-0.1, -0.05) is 13.3 Å². The zero-order valence-corrected chi connectivity index (χ0v) is 12.5. The number of aryl methyl sites for hydroxylation is 1. The highest BCUT2D eigenvalue weighted by Crippen LogP contribution is 2.13. The van der Waals surface area contributed by atoms with Crippen LogP contribution < -0.4 is 16.0 Å². The van der Waals surface area contributed by atoms with Crippen molar-refractivity contribution in [2.75, 3.05) is 18.4 Å². The van der Waals surface area contributed by atoms with Gasteiger partial charge in [-0.15, -0.1) is 0 Å². The molecular formula is C15H22N4O2. The van der Waals surface area contributed by atoms with E-state index in [0.29, 0.717) is 24.3 Å². The van der Waals surface area contributed by atoms with Crippen molar-refractivity contribution in [1.82, 2.24) is 15.6 Å². The molecule has 1 aromatic heterocycles. The number of nitrogens with zero attached hydrogens (tertiary/aromatic N) is 1. The maximum absolute atomic E-state index is 12.3. The zero-order chi connectivity index (χ0) is 15.2. The molecule has 1 aromatic rings. The average molecular weight is 290 g/mol. The maximum atomic E-state index is 12.3. The van der Waals surface area contributed by atoms with Crippen LogP contribution in [0.25, 0.3) is 0 Å². The highest BCUT2D eigenvalue weighted by Gasteiger charge is 2.23. The number of aromatic nitrogens is 1. The number of hydrogen-bond donors (Lipinski definition) is 3. The molecule has 1 aliphatic rings. The molecule has 2 amide bonds. The number of amides is 2. The lowest BCUT2D eigenvalue weighted by Crippen LogP contribution is -2.36. The molecule has 1 aliphatic heterocycles. The van der Waals surface area contributed by atoms with Crippen molar-refractivity contribution in [1.29, 1.82) is 0 Å². The van der Waals surface area contributed by atoms with Gasteiger partial charge in [-0.3, -0.25) is 9.59 Å². The van der Waals surface area contributed by atoms with E-state index in [4.69, 9.17) is 0 Å². The van der Waals surface area contributed by atoms with Crippen molar-refractivity contribution >= 4 is 17.6 Å². The molecule has 1 atom stereocenters. The SMILES string of the molecule is CCCc1cc(C(=O)NC2CNC(=O)C2)cc(NCC)n1. The van der Waals surface area contributed by atoms with E-state index in [1.54, 1.807) is 6.07 Å². The van der Waals surface area contributed by atoms with Crippen LogP contribution in [-0.2, 0) is 11.2 Å². The highest BCUT2D eigenvalue weighted by atomic mass is 16.2. The Bertz CT molecular complexity index is 506. The Labute approximate surface area is 124 Å². The molecule has 6 heteroatoms. The van der Waals surface area contributed by atoms with Crippen LogP contribution in [0, 0.1) is 0 Å². The largest absolute Gasteiger partial charge is 0.370 e. The van der Waals surface area contributed by atoms with Gasteiger partial charge in [0.2, 0.25) is 5.91 Å². The van der Waals surface area contributed by atoms with E-state index in [2.05, 4.69) is 27.9 Å². The second-order valence-corrected chi connectivity index (χ2v) is 5.19. The second-order valence-electron chi connectivity index (χ2n) is 5.19. The minimum Gasteiger partial charge on any atom is -0.370 e. The Morgan fingerprint density at radius 3 is 2.86 bits per heavy atom. The Morgan fingerprint density at radius 2 is 2.24 bits per heavy atom. The van der Waals surface area contributed by atoms with Gasteiger partial charge in [-0.2, -0.15) is 0 Å². The molecule has 1 saturated heterocycles. The van der Waals surface area contributed by atoms with Crippen molar-refractivity contribution in [3.63, 3.8) is 0 Å². The van der Waals surface area contributed by atoms with E-state index in [1.807, 2.05) is 13.0 Å². The Balaban J connectivity index is 2.12. The lowest BCUT2D eigenvalue weighted by atomic mass is 10.1. The van der Waals surface area contributed by atoms with Gasteiger partial charge in [-0.25, -0.2) is 4.98 Å². The summed E-state index contributed by atoms with van der Waals surface area (Å²) in [6, 6.07) is 3.45. The highest BCUT2D eigenvalue weighted by molar-refractivity contribution is 5.95. The fourth-order valence-corrected chi connectivity index (χ4v) is 2.35. The lowest BCUT2D eigenvalue weighted by molar-refractivity contribution is -0.119. The molecule has 2 rings (SSSR count). The van der Waals surface area contributed by atoms with Crippen molar-refractivity contribution in [3.05, 3.63) is 23.4 Å². The van der Waals surface area contributed by atoms with E-state index in [0.717, 1.165) is 25.1 Å². The molecule has 0 radical (unpaired) electrons. The molecule has 1 unspecified atom stereocenters. The molecular weight excluding hydrogens is 268 g/mol. The molecule has 6 nitrogen and oxygen atoms in total. The average Bonchev–Trinajstić information content (AvgIpc) is 2.84. The van der Waals surface area contributed by atoms with Gasteiger partial charge in [-0.05, 0) is 25.5 Å². The van der Waals surface area contributed by atoms with Crippen molar-refractivity contribution in [2.45, 2.75) is 39.2 Å². The van der Waals surface area contributed by atoms with Crippen molar-refractivity contribution in [2.24, 2.45) is 0 Å². The predicted molar refractivity (Wildman–Crippen MR) is 81.3 cm³/mol. The number of pyridine rings is 1. The molecule has 0 aromatic carbocycles. The number of hydrogen-bond acceptors (Lipinski definition) is 4. The monoisotopic (exact) mass is 290 g/mol. The summed E-state index contributed by atoms with van der Waals surface area (Å²) in [5, 5.41) is 8.74. The molecule has 0 saturated carbocycles. The minimum atomic E-state index is -0.157. The molecule has 2 heterocycles. The Kier molecular flexibility index (Phi) is 5.14. The molecule has 114 valence electrons. The van der Waals surface area contributed by atoms with E-state index in [9.17, 15) is 9.59 Å². The molecule has 3 N–H and O–H groups in total. The van der Waals surface area contributed by atoms with Crippen LogP contribution in [0.3, 0.4) is 0 Å². The van der Waals surface area contributed by atoms with Crippen LogP contribution in [0.15, 0.2) is 12.1 Å². The van der Waals surface area contributed by atoms with Crippen LogP contribution in [0.1, 0.15) is 42.7 Å². The van der Waals surface area contributed by atoms with Gasteiger partial charge in [0.05, 0.1) is 6.04 Å². The van der Waals surface area contributed by atoms with Gasteiger partial charge >= 0.3 is 0 Å². The summed E-state index contributed by atoms with van der Waals surface area (Å²) in [7, 11) is 0.